The first-order valence-electron chi connectivity index (χ1n) is 7.16. The molecule has 1 unspecified atom stereocenters. The summed E-state index contributed by atoms with van der Waals surface area (Å²) in [6, 6.07) is 4.94. The number of nitrogens with one attached hydrogen (secondary N) is 1. The first-order valence-corrected chi connectivity index (χ1v) is 7.16. The predicted octanol–water partition coefficient (Wildman–Crippen LogP) is 2.28. The number of rotatable bonds is 6. The molecule has 1 rings (SSSR count). The van der Waals surface area contributed by atoms with Crippen molar-refractivity contribution >= 4 is 17.6 Å². The molecular weight excluding hydrogens is 268 g/mol. The van der Waals surface area contributed by atoms with Crippen molar-refractivity contribution in [3.63, 3.8) is 0 Å². The van der Waals surface area contributed by atoms with Gasteiger partial charge in [-0.05, 0) is 49.9 Å². The quantitative estimate of drug-likeness (QED) is 0.622. The number of carbonyl (C=O) groups excluding carboxylic acids is 2. The summed E-state index contributed by atoms with van der Waals surface area (Å²) in [6.07, 6.45) is 0.0744. The molecule has 21 heavy (non-hydrogen) atoms. The molecule has 0 aliphatic heterocycles. The fourth-order valence-electron chi connectivity index (χ4n) is 1.82. The van der Waals surface area contributed by atoms with Gasteiger partial charge in [0.1, 0.15) is 0 Å². The van der Waals surface area contributed by atoms with E-state index in [4.69, 9.17) is 10.5 Å². The molecule has 0 aliphatic rings. The van der Waals surface area contributed by atoms with Gasteiger partial charge in [0.2, 0.25) is 0 Å². The van der Waals surface area contributed by atoms with Crippen LogP contribution in [0.25, 0.3) is 0 Å². The molecular formula is C16H24N2O3. The number of hydrogen-bond acceptors (Lipinski definition) is 4. The van der Waals surface area contributed by atoms with Crippen LogP contribution in [0.3, 0.4) is 0 Å². The summed E-state index contributed by atoms with van der Waals surface area (Å²) in [5.41, 5.74) is 7.38. The molecule has 0 bridgehead atoms. The van der Waals surface area contributed by atoms with Gasteiger partial charge in [0.15, 0.2) is 6.10 Å². The van der Waals surface area contributed by atoms with Crippen molar-refractivity contribution in [1.29, 1.82) is 0 Å². The van der Waals surface area contributed by atoms with Crippen LogP contribution in [0, 0.1) is 12.8 Å². The van der Waals surface area contributed by atoms with Crippen LogP contribution in [0.2, 0.25) is 0 Å². The van der Waals surface area contributed by atoms with Crippen molar-refractivity contribution in [2.75, 3.05) is 12.3 Å². The number of benzene rings is 1. The highest BCUT2D eigenvalue weighted by molar-refractivity contribution is 5.93. The van der Waals surface area contributed by atoms with Crippen LogP contribution in [-0.2, 0) is 9.53 Å². The van der Waals surface area contributed by atoms with Crippen LogP contribution < -0.4 is 11.1 Å². The summed E-state index contributed by atoms with van der Waals surface area (Å²) in [5.74, 6) is -0.281. The van der Waals surface area contributed by atoms with Crippen molar-refractivity contribution in [3.05, 3.63) is 29.3 Å². The van der Waals surface area contributed by atoms with Gasteiger partial charge in [0.05, 0.1) is 5.56 Å². The minimum Gasteiger partial charge on any atom is -0.449 e. The monoisotopic (exact) mass is 292 g/mol. The zero-order valence-corrected chi connectivity index (χ0v) is 13.1. The number of amides is 1. The van der Waals surface area contributed by atoms with Crippen LogP contribution in [0.4, 0.5) is 5.69 Å². The van der Waals surface area contributed by atoms with E-state index in [1.165, 1.54) is 0 Å². The fraction of sp³-hybridized carbons (Fsp3) is 0.500. The molecule has 0 fully saturated rings. The molecule has 116 valence electrons. The number of esters is 1. The van der Waals surface area contributed by atoms with Gasteiger partial charge in [-0.3, -0.25) is 4.79 Å². The Morgan fingerprint density at radius 1 is 1.29 bits per heavy atom. The maximum atomic E-state index is 12.0. The first kappa shape index (κ1) is 17.0. The van der Waals surface area contributed by atoms with E-state index in [0.717, 1.165) is 12.0 Å². The molecule has 0 aliphatic carbocycles. The van der Waals surface area contributed by atoms with Crippen LogP contribution in [0.5, 0.6) is 0 Å². The lowest BCUT2D eigenvalue weighted by atomic mass is 10.1. The minimum atomic E-state index is -0.818. The smallest absolute Gasteiger partial charge is 0.339 e. The van der Waals surface area contributed by atoms with Gasteiger partial charge in [-0.15, -0.1) is 0 Å². The van der Waals surface area contributed by atoms with Crippen LogP contribution >= 0.6 is 0 Å². The Kier molecular flexibility index (Phi) is 6.21. The second-order valence-corrected chi connectivity index (χ2v) is 5.60. The van der Waals surface area contributed by atoms with Crippen molar-refractivity contribution in [1.82, 2.24) is 5.32 Å². The Morgan fingerprint density at radius 3 is 2.52 bits per heavy atom. The number of hydrogen-bond donors (Lipinski definition) is 2. The van der Waals surface area contributed by atoms with Gasteiger partial charge in [0, 0.05) is 12.2 Å². The summed E-state index contributed by atoms with van der Waals surface area (Å²) in [5, 5.41) is 2.76. The molecule has 3 N–H and O–H groups in total. The number of aryl methyl sites for hydroxylation is 1. The number of ether oxygens (including phenoxy) is 1. The number of carbonyl (C=O) groups is 2. The molecule has 1 aromatic rings. The predicted molar refractivity (Wildman–Crippen MR) is 82.9 cm³/mol. The molecule has 0 spiro atoms. The molecule has 0 heterocycles. The van der Waals surface area contributed by atoms with Gasteiger partial charge < -0.3 is 15.8 Å². The lowest BCUT2D eigenvalue weighted by Crippen LogP contribution is -2.36. The molecule has 0 radical (unpaired) electrons. The normalized spacial score (nSPS) is 12.0. The summed E-state index contributed by atoms with van der Waals surface area (Å²) in [7, 11) is 0. The van der Waals surface area contributed by atoms with Crippen molar-refractivity contribution in [2.24, 2.45) is 5.92 Å². The van der Waals surface area contributed by atoms with Crippen LogP contribution in [0.15, 0.2) is 18.2 Å². The molecule has 0 aromatic heterocycles. The topological polar surface area (TPSA) is 81.4 Å². The highest BCUT2D eigenvalue weighted by Crippen LogP contribution is 2.14. The van der Waals surface area contributed by atoms with Gasteiger partial charge in [-0.25, -0.2) is 4.79 Å². The maximum absolute atomic E-state index is 12.0. The third-order valence-corrected chi connectivity index (χ3v) is 3.14. The lowest BCUT2D eigenvalue weighted by molar-refractivity contribution is -0.129. The van der Waals surface area contributed by atoms with E-state index < -0.39 is 12.1 Å². The average molecular weight is 292 g/mol. The number of anilines is 1. The van der Waals surface area contributed by atoms with Gasteiger partial charge in [-0.2, -0.15) is 0 Å². The zero-order valence-electron chi connectivity index (χ0n) is 13.1. The Balaban J connectivity index is 2.55. The molecule has 1 atom stereocenters. The van der Waals surface area contributed by atoms with Crippen molar-refractivity contribution in [3.8, 4) is 0 Å². The van der Waals surface area contributed by atoms with Gasteiger partial charge in [0.25, 0.3) is 5.91 Å². The third-order valence-electron chi connectivity index (χ3n) is 3.14. The second kappa shape index (κ2) is 7.67. The zero-order chi connectivity index (χ0) is 16.0. The molecule has 5 heteroatoms. The largest absolute Gasteiger partial charge is 0.449 e. The molecule has 0 saturated carbocycles. The summed E-state index contributed by atoms with van der Waals surface area (Å²) < 4.78 is 5.18. The van der Waals surface area contributed by atoms with Crippen molar-refractivity contribution in [2.45, 2.75) is 40.2 Å². The SMILES string of the molecule is Cc1cc(N)ccc1C(=O)OC(C)C(=O)NCCC(C)C. The standard InChI is InChI=1S/C16H24N2O3/c1-10(2)7-8-18-15(19)12(4)21-16(20)14-6-5-13(17)9-11(14)3/h5-6,9-10,12H,7-8,17H2,1-4H3,(H,18,19). The van der Waals surface area contributed by atoms with E-state index in [2.05, 4.69) is 19.2 Å². The molecule has 0 saturated heterocycles. The molecule has 1 amide bonds. The summed E-state index contributed by atoms with van der Waals surface area (Å²) >= 11 is 0. The second-order valence-electron chi connectivity index (χ2n) is 5.60. The van der Waals surface area contributed by atoms with E-state index in [1.807, 2.05) is 0 Å². The van der Waals surface area contributed by atoms with Gasteiger partial charge >= 0.3 is 5.97 Å². The van der Waals surface area contributed by atoms with Crippen LogP contribution in [-0.4, -0.2) is 24.5 Å². The average Bonchev–Trinajstić information content (AvgIpc) is 2.37. The van der Waals surface area contributed by atoms with E-state index in [1.54, 1.807) is 32.0 Å². The maximum Gasteiger partial charge on any atom is 0.339 e. The highest BCUT2D eigenvalue weighted by atomic mass is 16.5. The lowest BCUT2D eigenvalue weighted by Gasteiger charge is -2.15. The van der Waals surface area contributed by atoms with Gasteiger partial charge in [-0.1, -0.05) is 13.8 Å². The third kappa shape index (κ3) is 5.45. The van der Waals surface area contributed by atoms with E-state index in [9.17, 15) is 9.59 Å². The Morgan fingerprint density at radius 2 is 1.95 bits per heavy atom. The Bertz CT molecular complexity index is 512. The Hall–Kier alpha value is -2.04. The van der Waals surface area contributed by atoms with Crippen LogP contribution in [0.1, 0.15) is 43.1 Å². The first-order chi connectivity index (χ1) is 9.81. The number of nitrogen functional groups attached to an aromatic ring is 1. The molecule has 1 aromatic carbocycles. The molecule has 5 nitrogen and oxygen atoms in total. The van der Waals surface area contributed by atoms with E-state index >= 15 is 0 Å². The Labute approximate surface area is 125 Å². The van der Waals surface area contributed by atoms with E-state index in [0.29, 0.717) is 23.7 Å². The minimum absolute atomic E-state index is 0.280. The number of nitrogens with two attached hydrogens (primary N) is 1. The summed E-state index contributed by atoms with van der Waals surface area (Å²) in [4.78, 5) is 23.9. The van der Waals surface area contributed by atoms with Crippen molar-refractivity contribution < 1.29 is 14.3 Å². The highest BCUT2D eigenvalue weighted by Gasteiger charge is 2.19. The summed E-state index contributed by atoms with van der Waals surface area (Å²) in [6.45, 7) is 8.09. The van der Waals surface area contributed by atoms with E-state index in [-0.39, 0.29) is 5.91 Å². The fourth-order valence-corrected chi connectivity index (χ4v) is 1.82.